The average molecular weight is 353 g/mol. The number of rotatable bonds is 5. The molecule has 1 unspecified atom stereocenters. The van der Waals surface area contributed by atoms with Crippen LogP contribution in [0, 0.1) is 11.8 Å². The van der Waals surface area contributed by atoms with Crippen LogP contribution in [0.25, 0.3) is 11.1 Å². The minimum Gasteiger partial charge on any atom is -0.481 e. The van der Waals surface area contributed by atoms with Crippen molar-refractivity contribution in [3.8, 4) is 16.9 Å². The van der Waals surface area contributed by atoms with Crippen LogP contribution in [-0.4, -0.2) is 41.1 Å². The monoisotopic (exact) mass is 353 g/mol. The van der Waals surface area contributed by atoms with Gasteiger partial charge in [0.2, 0.25) is 0 Å². The van der Waals surface area contributed by atoms with Gasteiger partial charge in [0.05, 0.1) is 5.92 Å². The van der Waals surface area contributed by atoms with E-state index in [9.17, 15) is 14.7 Å². The van der Waals surface area contributed by atoms with Gasteiger partial charge in [-0.25, -0.2) is 0 Å². The Balaban J connectivity index is 1.62. The highest BCUT2D eigenvalue weighted by atomic mass is 16.5. The van der Waals surface area contributed by atoms with Gasteiger partial charge >= 0.3 is 5.97 Å². The number of hydrogen-bond donors (Lipinski definition) is 1. The first-order chi connectivity index (χ1) is 12.5. The molecule has 0 bridgehead atoms. The fourth-order valence-electron chi connectivity index (χ4n) is 3.34. The minimum atomic E-state index is -0.849. The standard InChI is InChI=1S/C21H23NO4/c1-14-12-22(13-19(14)21(24)25)20(23)15(2)26-18-10-8-17(9-11-18)16-6-4-3-5-7-16/h3-11,14-15,19H,12-13H2,1-2H3,(H,24,25)/t14-,15?,19-/m1/s1. The Morgan fingerprint density at radius 3 is 2.23 bits per heavy atom. The Bertz CT molecular complexity index is 772. The average Bonchev–Trinajstić information content (AvgIpc) is 3.04. The molecule has 3 rings (SSSR count). The van der Waals surface area contributed by atoms with Crippen LogP contribution in [0.5, 0.6) is 5.75 Å². The molecule has 0 radical (unpaired) electrons. The van der Waals surface area contributed by atoms with Crippen molar-refractivity contribution in [2.24, 2.45) is 11.8 Å². The van der Waals surface area contributed by atoms with Gasteiger partial charge in [-0.15, -0.1) is 0 Å². The summed E-state index contributed by atoms with van der Waals surface area (Å²) in [5.74, 6) is -0.955. The lowest BCUT2D eigenvalue weighted by molar-refractivity contribution is -0.142. The zero-order valence-corrected chi connectivity index (χ0v) is 15.0. The smallest absolute Gasteiger partial charge is 0.308 e. The SMILES string of the molecule is CC(Oc1ccc(-c2ccccc2)cc1)C(=O)N1C[C@@H](C)[C@H](C(=O)O)C1. The summed E-state index contributed by atoms with van der Waals surface area (Å²) in [7, 11) is 0. The normalized spacial score (nSPS) is 20.6. The molecule has 5 heteroatoms. The van der Waals surface area contributed by atoms with Crippen molar-refractivity contribution in [3.05, 3.63) is 54.6 Å². The molecular weight excluding hydrogens is 330 g/mol. The fraction of sp³-hybridized carbons (Fsp3) is 0.333. The van der Waals surface area contributed by atoms with Crippen LogP contribution in [-0.2, 0) is 9.59 Å². The molecule has 1 saturated heterocycles. The van der Waals surface area contributed by atoms with Crippen LogP contribution in [0.3, 0.4) is 0 Å². The summed E-state index contributed by atoms with van der Waals surface area (Å²) in [6.07, 6.45) is -0.655. The molecule has 1 amide bonds. The molecule has 1 heterocycles. The molecule has 1 fully saturated rings. The van der Waals surface area contributed by atoms with E-state index in [0.29, 0.717) is 12.3 Å². The number of carboxylic acids is 1. The summed E-state index contributed by atoms with van der Waals surface area (Å²) < 4.78 is 5.77. The molecule has 1 aliphatic heterocycles. The number of carbonyl (C=O) groups excluding carboxylic acids is 1. The largest absolute Gasteiger partial charge is 0.481 e. The van der Waals surface area contributed by atoms with Crippen LogP contribution in [0.4, 0.5) is 0 Å². The molecule has 136 valence electrons. The molecule has 1 aliphatic rings. The maximum absolute atomic E-state index is 12.6. The Labute approximate surface area is 153 Å². The highest BCUT2D eigenvalue weighted by Gasteiger charge is 2.38. The second-order valence-electron chi connectivity index (χ2n) is 6.82. The molecule has 0 spiro atoms. The molecule has 5 nitrogen and oxygen atoms in total. The van der Waals surface area contributed by atoms with Gasteiger partial charge in [-0.05, 0) is 36.1 Å². The van der Waals surface area contributed by atoms with Gasteiger partial charge in [0.1, 0.15) is 5.75 Å². The third kappa shape index (κ3) is 3.87. The number of hydrogen-bond acceptors (Lipinski definition) is 3. The quantitative estimate of drug-likeness (QED) is 0.896. The molecule has 2 aromatic carbocycles. The molecule has 0 aromatic heterocycles. The first-order valence-electron chi connectivity index (χ1n) is 8.79. The van der Waals surface area contributed by atoms with Crippen molar-refractivity contribution >= 4 is 11.9 Å². The fourth-order valence-corrected chi connectivity index (χ4v) is 3.34. The number of ether oxygens (including phenoxy) is 1. The van der Waals surface area contributed by atoms with Crippen molar-refractivity contribution in [2.45, 2.75) is 20.0 Å². The van der Waals surface area contributed by atoms with Crippen LogP contribution < -0.4 is 4.74 Å². The second-order valence-corrected chi connectivity index (χ2v) is 6.82. The van der Waals surface area contributed by atoms with Gasteiger partial charge in [0, 0.05) is 13.1 Å². The van der Waals surface area contributed by atoms with E-state index in [1.807, 2.05) is 61.5 Å². The molecule has 1 N–H and O–H groups in total. The summed E-state index contributed by atoms with van der Waals surface area (Å²) in [5.41, 5.74) is 2.20. The summed E-state index contributed by atoms with van der Waals surface area (Å²) in [5, 5.41) is 9.21. The van der Waals surface area contributed by atoms with Crippen molar-refractivity contribution in [3.63, 3.8) is 0 Å². The van der Waals surface area contributed by atoms with Gasteiger partial charge in [-0.3, -0.25) is 9.59 Å². The minimum absolute atomic E-state index is 0.0474. The first-order valence-corrected chi connectivity index (χ1v) is 8.79. The van der Waals surface area contributed by atoms with Gasteiger partial charge < -0.3 is 14.7 Å². The molecule has 0 saturated carbocycles. The third-order valence-corrected chi connectivity index (χ3v) is 4.86. The Hall–Kier alpha value is -2.82. The topological polar surface area (TPSA) is 66.8 Å². The maximum Gasteiger partial charge on any atom is 0.308 e. The summed E-state index contributed by atoms with van der Waals surface area (Å²) in [6.45, 7) is 4.26. The van der Waals surface area contributed by atoms with E-state index in [-0.39, 0.29) is 18.4 Å². The van der Waals surface area contributed by atoms with Gasteiger partial charge in [-0.2, -0.15) is 0 Å². The maximum atomic E-state index is 12.6. The molecule has 2 aromatic rings. The van der Waals surface area contributed by atoms with E-state index in [2.05, 4.69) is 0 Å². The molecule has 3 atom stereocenters. The number of carboxylic acid groups (broad SMARTS) is 1. The van der Waals surface area contributed by atoms with Crippen molar-refractivity contribution < 1.29 is 19.4 Å². The van der Waals surface area contributed by atoms with E-state index < -0.39 is 18.0 Å². The third-order valence-electron chi connectivity index (χ3n) is 4.86. The lowest BCUT2D eigenvalue weighted by atomic mass is 9.99. The zero-order valence-electron chi connectivity index (χ0n) is 15.0. The number of carbonyl (C=O) groups is 2. The Morgan fingerprint density at radius 2 is 1.65 bits per heavy atom. The van der Waals surface area contributed by atoms with Gasteiger partial charge in [0.25, 0.3) is 5.91 Å². The Morgan fingerprint density at radius 1 is 1.04 bits per heavy atom. The van der Waals surface area contributed by atoms with Gasteiger partial charge in [0.15, 0.2) is 6.10 Å². The van der Waals surface area contributed by atoms with E-state index in [1.165, 1.54) is 0 Å². The lowest BCUT2D eigenvalue weighted by Gasteiger charge is -2.21. The summed E-state index contributed by atoms with van der Waals surface area (Å²) in [4.78, 5) is 25.4. The molecule has 0 aliphatic carbocycles. The summed E-state index contributed by atoms with van der Waals surface area (Å²) >= 11 is 0. The number of amides is 1. The van der Waals surface area contributed by atoms with Crippen LogP contribution in [0.15, 0.2) is 54.6 Å². The first kappa shape index (κ1) is 18.0. The van der Waals surface area contributed by atoms with Crippen molar-refractivity contribution in [2.75, 3.05) is 13.1 Å². The molecular formula is C21H23NO4. The number of nitrogens with zero attached hydrogens (tertiary/aromatic N) is 1. The van der Waals surface area contributed by atoms with E-state index in [0.717, 1.165) is 11.1 Å². The predicted octanol–water partition coefficient (Wildman–Crippen LogP) is 3.30. The van der Waals surface area contributed by atoms with E-state index in [1.54, 1.807) is 11.8 Å². The predicted molar refractivity (Wildman–Crippen MR) is 98.8 cm³/mol. The number of benzene rings is 2. The highest BCUT2D eigenvalue weighted by Crippen LogP contribution is 2.26. The lowest BCUT2D eigenvalue weighted by Crippen LogP contribution is -2.39. The number of likely N-dealkylation sites (tertiary alicyclic amines) is 1. The van der Waals surface area contributed by atoms with Crippen LogP contribution >= 0.6 is 0 Å². The van der Waals surface area contributed by atoms with Crippen LogP contribution in [0.1, 0.15) is 13.8 Å². The summed E-state index contributed by atoms with van der Waals surface area (Å²) in [6, 6.07) is 17.6. The van der Waals surface area contributed by atoms with Gasteiger partial charge in [-0.1, -0.05) is 49.4 Å². The highest BCUT2D eigenvalue weighted by molar-refractivity contribution is 5.82. The second kappa shape index (κ2) is 7.60. The van der Waals surface area contributed by atoms with Crippen LogP contribution in [0.2, 0.25) is 0 Å². The molecule has 26 heavy (non-hydrogen) atoms. The Kier molecular flexibility index (Phi) is 5.26. The van der Waals surface area contributed by atoms with E-state index >= 15 is 0 Å². The van der Waals surface area contributed by atoms with Crippen molar-refractivity contribution in [1.82, 2.24) is 4.90 Å². The van der Waals surface area contributed by atoms with E-state index in [4.69, 9.17) is 4.74 Å². The zero-order chi connectivity index (χ0) is 18.7. The van der Waals surface area contributed by atoms with Crippen molar-refractivity contribution in [1.29, 1.82) is 0 Å². The number of aliphatic carboxylic acids is 1.